The van der Waals surface area contributed by atoms with Gasteiger partial charge in [0.2, 0.25) is 5.43 Å². The Labute approximate surface area is 120 Å². The van der Waals surface area contributed by atoms with Crippen molar-refractivity contribution in [1.29, 1.82) is 0 Å². The smallest absolute Gasteiger partial charge is 0.220 e. The fourth-order valence-corrected chi connectivity index (χ4v) is 2.29. The second-order valence-corrected chi connectivity index (χ2v) is 5.10. The highest BCUT2D eigenvalue weighted by Crippen LogP contribution is 2.17. The predicted octanol–water partition coefficient (Wildman–Crippen LogP) is 1.75. The first-order valence-corrected chi connectivity index (χ1v) is 7.24. The topological polar surface area (TPSA) is 32.8 Å². The Kier molecular flexibility index (Phi) is 6.62. The average Bonchev–Trinajstić information content (AvgIpc) is 2.42. The Morgan fingerprint density at radius 1 is 1.16 bits per heavy atom. The van der Waals surface area contributed by atoms with E-state index in [0.717, 1.165) is 44.0 Å². The minimum atomic E-state index is -0.00172. The van der Waals surface area contributed by atoms with Crippen LogP contribution in [0.2, 0.25) is 0 Å². The summed E-state index contributed by atoms with van der Waals surface area (Å²) in [5.41, 5.74) is 1.68. The maximum atomic E-state index is 11.6. The molecule has 108 valence electrons. The molecular formula is C14H24N2O2S. The maximum Gasteiger partial charge on any atom is 0.220 e. The largest absolute Gasteiger partial charge is 0.378 e. The van der Waals surface area contributed by atoms with Crippen LogP contribution < -0.4 is 10.3 Å². The van der Waals surface area contributed by atoms with Crippen LogP contribution >= 0.6 is 12.2 Å². The van der Waals surface area contributed by atoms with Gasteiger partial charge in [0.05, 0.1) is 23.4 Å². The molecule has 5 heteroatoms. The summed E-state index contributed by atoms with van der Waals surface area (Å²) in [7, 11) is 1.91. The highest BCUT2D eigenvalue weighted by Gasteiger charge is 2.17. The fourth-order valence-electron chi connectivity index (χ4n) is 2.10. The summed E-state index contributed by atoms with van der Waals surface area (Å²) >= 11 is 4.96. The van der Waals surface area contributed by atoms with Gasteiger partial charge in [-0.1, -0.05) is 26.1 Å². The van der Waals surface area contributed by atoms with Crippen LogP contribution in [0, 0.1) is 11.4 Å². The van der Waals surface area contributed by atoms with E-state index in [0.29, 0.717) is 11.1 Å². The zero-order chi connectivity index (χ0) is 14.4. The molecular weight excluding hydrogens is 260 g/mol. The first kappa shape index (κ1) is 16.3. The lowest BCUT2D eigenvalue weighted by Crippen LogP contribution is -2.32. The normalized spacial score (nSPS) is 11.4. The van der Waals surface area contributed by atoms with E-state index < -0.39 is 0 Å². The molecule has 0 atom stereocenters. The molecule has 0 aliphatic carbocycles. The third-order valence-electron chi connectivity index (χ3n) is 3.52. The Morgan fingerprint density at radius 2 is 1.74 bits per heavy atom. The van der Waals surface area contributed by atoms with E-state index in [1.807, 2.05) is 18.9 Å². The lowest BCUT2D eigenvalue weighted by Gasteiger charge is -2.23. The SMILES string of the molecule is CCN(CC)CCOCCN(C)c1c(C)c(=S)c1=O. The Balaban J connectivity index is 2.24. The van der Waals surface area contributed by atoms with E-state index in [-0.39, 0.29) is 5.43 Å². The molecule has 0 amide bonds. The van der Waals surface area contributed by atoms with Crippen molar-refractivity contribution in [2.75, 3.05) is 51.3 Å². The zero-order valence-electron chi connectivity index (χ0n) is 12.4. The second-order valence-electron chi connectivity index (χ2n) is 4.69. The molecule has 0 bridgehead atoms. The summed E-state index contributed by atoms with van der Waals surface area (Å²) in [4.78, 5) is 15.8. The average molecular weight is 284 g/mol. The molecule has 1 aromatic rings. The molecule has 0 spiro atoms. The molecule has 0 aliphatic heterocycles. The minimum absolute atomic E-state index is 0.00172. The number of ether oxygens (including phenoxy) is 1. The van der Waals surface area contributed by atoms with Gasteiger partial charge in [-0.3, -0.25) is 4.79 Å². The molecule has 0 saturated carbocycles. The summed E-state index contributed by atoms with van der Waals surface area (Å²) in [6.45, 7) is 11.4. The molecule has 4 nitrogen and oxygen atoms in total. The highest BCUT2D eigenvalue weighted by atomic mass is 32.1. The second kappa shape index (κ2) is 7.72. The van der Waals surface area contributed by atoms with Gasteiger partial charge in [0.15, 0.2) is 0 Å². The van der Waals surface area contributed by atoms with Gasteiger partial charge in [-0.15, -0.1) is 0 Å². The predicted molar refractivity (Wildman–Crippen MR) is 82.5 cm³/mol. The molecule has 0 fully saturated rings. The zero-order valence-corrected chi connectivity index (χ0v) is 13.2. The van der Waals surface area contributed by atoms with Gasteiger partial charge in [0.1, 0.15) is 0 Å². The van der Waals surface area contributed by atoms with Crippen LogP contribution in [0.5, 0.6) is 0 Å². The van der Waals surface area contributed by atoms with Gasteiger partial charge < -0.3 is 14.5 Å². The third-order valence-corrected chi connectivity index (χ3v) is 4.01. The van der Waals surface area contributed by atoms with E-state index in [1.165, 1.54) is 0 Å². The van der Waals surface area contributed by atoms with Crippen molar-refractivity contribution in [3.63, 3.8) is 0 Å². The highest BCUT2D eigenvalue weighted by molar-refractivity contribution is 7.71. The van der Waals surface area contributed by atoms with Crippen molar-refractivity contribution in [3.05, 3.63) is 20.3 Å². The van der Waals surface area contributed by atoms with Crippen LogP contribution in [-0.4, -0.2) is 51.3 Å². The van der Waals surface area contributed by atoms with Gasteiger partial charge in [0, 0.05) is 20.1 Å². The Bertz CT molecular complexity index is 462. The van der Waals surface area contributed by atoms with Crippen LogP contribution in [0.25, 0.3) is 0 Å². The van der Waals surface area contributed by atoms with Crippen molar-refractivity contribution in [1.82, 2.24) is 4.90 Å². The standard InChI is InChI=1S/C14H24N2O2S/c1-5-16(6-2)8-10-18-9-7-15(4)12-11(3)14(19)13(12)17/h5-10H2,1-4H3. The summed E-state index contributed by atoms with van der Waals surface area (Å²) < 4.78 is 6.08. The van der Waals surface area contributed by atoms with E-state index in [2.05, 4.69) is 18.7 Å². The van der Waals surface area contributed by atoms with Crippen LogP contribution in [0.4, 0.5) is 5.69 Å². The van der Waals surface area contributed by atoms with Crippen molar-refractivity contribution >= 4 is 17.9 Å². The van der Waals surface area contributed by atoms with Crippen molar-refractivity contribution in [2.24, 2.45) is 0 Å². The maximum absolute atomic E-state index is 11.6. The molecule has 1 aromatic carbocycles. The first-order valence-electron chi connectivity index (χ1n) is 6.84. The molecule has 0 heterocycles. The minimum Gasteiger partial charge on any atom is -0.378 e. The lowest BCUT2D eigenvalue weighted by atomic mass is 10.1. The molecule has 0 aliphatic rings. The Morgan fingerprint density at radius 3 is 2.26 bits per heavy atom. The number of hydrogen-bond donors (Lipinski definition) is 0. The molecule has 0 unspecified atom stereocenters. The van der Waals surface area contributed by atoms with E-state index >= 15 is 0 Å². The lowest BCUT2D eigenvalue weighted by molar-refractivity contribution is 0.112. The van der Waals surface area contributed by atoms with Crippen molar-refractivity contribution < 1.29 is 4.74 Å². The fraction of sp³-hybridized carbons (Fsp3) is 0.714. The third kappa shape index (κ3) is 4.09. The molecule has 0 saturated heterocycles. The van der Waals surface area contributed by atoms with E-state index in [9.17, 15) is 4.79 Å². The number of hydrogen-bond acceptors (Lipinski definition) is 5. The molecule has 19 heavy (non-hydrogen) atoms. The number of nitrogens with zero attached hydrogens (tertiary/aromatic N) is 2. The van der Waals surface area contributed by atoms with Gasteiger partial charge >= 0.3 is 0 Å². The summed E-state index contributed by atoms with van der Waals surface area (Å²) in [6, 6.07) is 0. The van der Waals surface area contributed by atoms with Gasteiger partial charge in [0.25, 0.3) is 0 Å². The van der Waals surface area contributed by atoms with Crippen molar-refractivity contribution in [2.45, 2.75) is 20.8 Å². The Hall–Kier alpha value is -0.780. The quantitative estimate of drug-likeness (QED) is 0.510. The summed E-state index contributed by atoms with van der Waals surface area (Å²) in [5.74, 6) is 0. The van der Waals surface area contributed by atoms with Crippen molar-refractivity contribution in [3.8, 4) is 0 Å². The van der Waals surface area contributed by atoms with Crippen LogP contribution in [0.1, 0.15) is 19.4 Å². The molecule has 1 rings (SSSR count). The van der Waals surface area contributed by atoms with Crippen LogP contribution in [0.3, 0.4) is 0 Å². The van der Waals surface area contributed by atoms with Gasteiger partial charge in [-0.05, 0) is 25.6 Å². The van der Waals surface area contributed by atoms with Gasteiger partial charge in [-0.2, -0.15) is 0 Å². The van der Waals surface area contributed by atoms with E-state index in [1.54, 1.807) is 0 Å². The van der Waals surface area contributed by atoms with Crippen LogP contribution in [0.15, 0.2) is 4.79 Å². The number of anilines is 1. The molecule has 0 N–H and O–H groups in total. The number of rotatable bonds is 9. The molecule has 0 radical (unpaired) electrons. The molecule has 0 aromatic heterocycles. The number of likely N-dealkylation sites (N-methyl/N-ethyl adjacent to an activating group) is 2. The summed E-state index contributed by atoms with van der Waals surface area (Å²) in [5, 5.41) is 0. The summed E-state index contributed by atoms with van der Waals surface area (Å²) in [6.07, 6.45) is 0. The van der Waals surface area contributed by atoms with Crippen LogP contribution in [-0.2, 0) is 4.74 Å². The van der Waals surface area contributed by atoms with E-state index in [4.69, 9.17) is 17.0 Å². The first-order chi connectivity index (χ1) is 9.02. The van der Waals surface area contributed by atoms with Gasteiger partial charge in [-0.25, -0.2) is 0 Å². The monoisotopic (exact) mass is 284 g/mol.